The number of hydrogen-bond donors (Lipinski definition) is 1. The number of esters is 1. The van der Waals surface area contributed by atoms with Crippen LogP contribution in [0.4, 0.5) is 0 Å². The molecule has 0 spiro atoms. The molecule has 0 aromatic heterocycles. The van der Waals surface area contributed by atoms with Crippen molar-refractivity contribution in [2.45, 2.75) is 0 Å². The molecule has 0 rings (SSSR count). The monoisotopic (exact) mass is 104 g/mol. The van der Waals surface area contributed by atoms with Crippen LogP contribution >= 0.6 is 0 Å². The standard InChI is InChI=1S/C4H9NO2/c1-5-3-4(6)7-2/h5H,3H2,1-2H3/i1D. The summed E-state index contributed by atoms with van der Waals surface area (Å²) in [6.45, 7) is 0.125. The lowest BCUT2D eigenvalue weighted by Crippen LogP contribution is -2.19. The molecule has 0 bridgehead atoms. The van der Waals surface area contributed by atoms with Crippen molar-refractivity contribution in [2.75, 3.05) is 20.7 Å². The average Bonchev–Trinajstić information content (AvgIpc) is 1.83. The van der Waals surface area contributed by atoms with E-state index in [9.17, 15) is 4.79 Å². The summed E-state index contributed by atoms with van der Waals surface area (Å²) in [7, 11) is 1.36. The molecule has 0 saturated carbocycles. The fourth-order valence-corrected chi connectivity index (χ4v) is 0.174. The van der Waals surface area contributed by atoms with E-state index in [4.69, 9.17) is 1.37 Å². The predicted molar refractivity (Wildman–Crippen MR) is 25.9 cm³/mol. The minimum absolute atomic E-state index is 0.0507. The van der Waals surface area contributed by atoms with E-state index in [0.717, 1.165) is 0 Å². The maximum atomic E-state index is 10.2. The van der Waals surface area contributed by atoms with E-state index in [1.54, 1.807) is 0 Å². The largest absolute Gasteiger partial charge is 0.468 e. The van der Waals surface area contributed by atoms with Gasteiger partial charge in [0.2, 0.25) is 0 Å². The third kappa shape index (κ3) is 3.26. The van der Waals surface area contributed by atoms with Crippen LogP contribution < -0.4 is 5.32 Å². The van der Waals surface area contributed by atoms with E-state index in [-0.39, 0.29) is 19.5 Å². The molecule has 0 atom stereocenters. The first-order valence-corrected chi connectivity index (χ1v) is 1.88. The third-order valence-electron chi connectivity index (χ3n) is 0.497. The molecule has 1 N–H and O–H groups in total. The predicted octanol–water partition coefficient (Wildman–Crippen LogP) is -0.621. The summed E-state index contributed by atoms with van der Waals surface area (Å²) in [6, 6.07) is 0. The first kappa shape index (κ1) is 4.59. The van der Waals surface area contributed by atoms with Crippen LogP contribution in [0.1, 0.15) is 1.37 Å². The zero-order valence-corrected chi connectivity index (χ0v) is 4.23. The van der Waals surface area contributed by atoms with E-state index in [0.29, 0.717) is 0 Å². The van der Waals surface area contributed by atoms with Gasteiger partial charge in [-0.1, -0.05) is 0 Å². The number of hydrogen-bond acceptors (Lipinski definition) is 3. The molecule has 0 aliphatic rings. The van der Waals surface area contributed by atoms with Gasteiger partial charge in [0, 0.05) is 1.37 Å². The summed E-state index contributed by atoms with van der Waals surface area (Å²) in [5.74, 6) is -0.336. The van der Waals surface area contributed by atoms with Crippen LogP contribution in [-0.4, -0.2) is 26.6 Å². The first-order chi connectivity index (χ1) is 3.81. The number of nitrogens with one attached hydrogen (secondary N) is 1. The summed E-state index contributed by atoms with van der Waals surface area (Å²) < 4.78 is 10.8. The van der Waals surface area contributed by atoms with Crippen molar-refractivity contribution in [3.05, 3.63) is 0 Å². The molecule has 0 fully saturated rings. The van der Waals surface area contributed by atoms with Crippen molar-refractivity contribution in [2.24, 2.45) is 0 Å². The van der Waals surface area contributed by atoms with Crippen LogP contribution in [0.5, 0.6) is 0 Å². The van der Waals surface area contributed by atoms with Gasteiger partial charge in [-0.2, -0.15) is 0 Å². The Bertz CT molecular complexity index is 76.4. The van der Waals surface area contributed by atoms with Gasteiger partial charge >= 0.3 is 5.97 Å². The zero-order valence-electron chi connectivity index (χ0n) is 5.23. The number of likely N-dealkylation sites (N-methyl/N-ethyl adjacent to an activating group) is 1. The Morgan fingerprint density at radius 3 is 3.29 bits per heavy atom. The molecule has 0 saturated heterocycles. The van der Waals surface area contributed by atoms with Crippen LogP contribution in [0.3, 0.4) is 0 Å². The summed E-state index contributed by atoms with van der Waals surface area (Å²) in [4.78, 5) is 10.2. The van der Waals surface area contributed by atoms with Gasteiger partial charge in [-0.05, 0) is 7.02 Å². The number of methoxy groups -OCH3 is 1. The van der Waals surface area contributed by atoms with Crippen molar-refractivity contribution in [1.82, 2.24) is 5.32 Å². The Hall–Kier alpha value is -0.570. The molecule has 0 heterocycles. The average molecular weight is 104 g/mol. The van der Waals surface area contributed by atoms with Crippen LogP contribution in [0.2, 0.25) is 0 Å². The summed E-state index contributed by atoms with van der Waals surface area (Å²) in [5, 5.41) is 2.49. The second-order valence-corrected chi connectivity index (χ2v) is 1.00. The minimum Gasteiger partial charge on any atom is -0.468 e. The lowest BCUT2D eigenvalue weighted by Gasteiger charge is -1.93. The Morgan fingerprint density at radius 2 is 2.86 bits per heavy atom. The number of ether oxygens (including phenoxy) is 1. The highest BCUT2D eigenvalue weighted by molar-refractivity contribution is 5.71. The highest BCUT2D eigenvalue weighted by Gasteiger charge is 1.91. The van der Waals surface area contributed by atoms with Gasteiger partial charge in [-0.3, -0.25) is 4.79 Å². The number of rotatable bonds is 2. The molecule has 0 aromatic carbocycles. The quantitative estimate of drug-likeness (QED) is 0.474. The molecule has 7 heavy (non-hydrogen) atoms. The molecule has 0 aliphatic heterocycles. The van der Waals surface area contributed by atoms with Crippen molar-refractivity contribution in [1.29, 1.82) is 0 Å². The van der Waals surface area contributed by atoms with Crippen molar-refractivity contribution in [3.8, 4) is 0 Å². The summed E-state index contributed by atoms with van der Waals surface area (Å²) >= 11 is 0. The van der Waals surface area contributed by atoms with Gasteiger partial charge in [0.1, 0.15) is 0 Å². The van der Waals surface area contributed by atoms with Crippen molar-refractivity contribution in [3.63, 3.8) is 0 Å². The van der Waals surface area contributed by atoms with Gasteiger partial charge in [0.25, 0.3) is 0 Å². The third-order valence-corrected chi connectivity index (χ3v) is 0.497. The molecular formula is C4H9NO2. The Balaban J connectivity index is 2.99. The highest BCUT2D eigenvalue weighted by Crippen LogP contribution is 1.64. The number of carbonyl (C=O) groups excluding carboxylic acids is 1. The van der Waals surface area contributed by atoms with Crippen molar-refractivity contribution < 1.29 is 10.9 Å². The first-order valence-electron chi connectivity index (χ1n) is 2.58. The maximum Gasteiger partial charge on any atom is 0.319 e. The molecule has 0 aliphatic carbocycles. The van der Waals surface area contributed by atoms with Gasteiger partial charge in [-0.25, -0.2) is 0 Å². The summed E-state index contributed by atoms with van der Waals surface area (Å²) in [5.41, 5.74) is 0. The van der Waals surface area contributed by atoms with Gasteiger partial charge in [0.05, 0.1) is 13.7 Å². The van der Waals surface area contributed by atoms with Crippen LogP contribution in [0.25, 0.3) is 0 Å². The van der Waals surface area contributed by atoms with E-state index < -0.39 is 0 Å². The van der Waals surface area contributed by atoms with E-state index in [2.05, 4.69) is 10.1 Å². The van der Waals surface area contributed by atoms with Crippen LogP contribution in [0.15, 0.2) is 0 Å². The molecule has 3 nitrogen and oxygen atoms in total. The Morgan fingerprint density at radius 1 is 2.14 bits per heavy atom. The van der Waals surface area contributed by atoms with Gasteiger partial charge in [-0.15, -0.1) is 0 Å². The molecule has 3 heteroatoms. The summed E-state index contributed by atoms with van der Waals surface area (Å²) in [6.07, 6.45) is 0. The van der Waals surface area contributed by atoms with Gasteiger partial charge in [0.15, 0.2) is 0 Å². The smallest absolute Gasteiger partial charge is 0.319 e. The second-order valence-electron chi connectivity index (χ2n) is 1.00. The second kappa shape index (κ2) is 3.61. The molecule has 42 valence electrons. The SMILES string of the molecule is [2H]CNCC(=O)OC. The molecule has 0 radical (unpaired) electrons. The Labute approximate surface area is 44.1 Å². The van der Waals surface area contributed by atoms with E-state index in [1.165, 1.54) is 7.11 Å². The lowest BCUT2D eigenvalue weighted by molar-refractivity contribution is -0.139. The molecule has 0 aromatic rings. The lowest BCUT2D eigenvalue weighted by atomic mass is 10.7. The highest BCUT2D eigenvalue weighted by atomic mass is 16.5. The minimum atomic E-state index is -0.336. The normalized spacial score (nSPS) is 10.1. The number of carbonyl (C=O) groups is 1. The van der Waals surface area contributed by atoms with E-state index in [1.807, 2.05) is 0 Å². The van der Waals surface area contributed by atoms with E-state index >= 15 is 0 Å². The topological polar surface area (TPSA) is 38.3 Å². The molecular weight excluding hydrogens is 94.0 g/mol. The van der Waals surface area contributed by atoms with Crippen molar-refractivity contribution >= 4 is 5.97 Å². The van der Waals surface area contributed by atoms with Gasteiger partial charge < -0.3 is 10.1 Å². The van der Waals surface area contributed by atoms with Crippen LogP contribution in [-0.2, 0) is 9.53 Å². The van der Waals surface area contributed by atoms with Crippen LogP contribution in [0, 0.1) is 0 Å². The maximum absolute atomic E-state index is 10.2. The fourth-order valence-electron chi connectivity index (χ4n) is 0.174. The molecule has 0 amide bonds. The Kier molecular flexibility index (Phi) is 2.37. The zero-order chi connectivity index (χ0) is 6.41. The molecule has 0 unspecified atom stereocenters. The fraction of sp³-hybridized carbons (Fsp3) is 0.750.